The fourth-order valence-corrected chi connectivity index (χ4v) is 4.00. The van der Waals surface area contributed by atoms with Gasteiger partial charge in [-0.1, -0.05) is 18.6 Å². The number of anilines is 1. The zero-order valence-electron chi connectivity index (χ0n) is 11.2. The van der Waals surface area contributed by atoms with Crippen LogP contribution in [-0.2, 0) is 0 Å². The maximum absolute atomic E-state index is 5.76. The van der Waals surface area contributed by atoms with Crippen molar-refractivity contribution in [2.24, 2.45) is 23.5 Å². The number of thiocarbonyl (C=S) groups is 1. The first-order valence-electron chi connectivity index (χ1n) is 6.97. The van der Waals surface area contributed by atoms with Gasteiger partial charge < -0.3 is 10.6 Å². The average Bonchev–Trinajstić information content (AvgIpc) is 3.01. The molecule has 102 valence electrons. The topological polar surface area (TPSA) is 55.0 Å². The molecule has 2 aliphatic rings. The monoisotopic (exact) mass is 276 g/mol. The highest BCUT2D eigenvalue weighted by atomic mass is 32.1. The van der Waals surface area contributed by atoms with Crippen molar-refractivity contribution in [3.8, 4) is 0 Å². The Morgan fingerprint density at radius 3 is 2.95 bits per heavy atom. The lowest BCUT2D eigenvalue weighted by molar-refractivity contribution is 0.337. The van der Waals surface area contributed by atoms with Gasteiger partial charge in [-0.05, 0) is 43.1 Å². The van der Waals surface area contributed by atoms with Crippen LogP contribution >= 0.6 is 12.2 Å². The number of hydrogen-bond acceptors (Lipinski definition) is 4. The molecule has 0 saturated heterocycles. The Morgan fingerprint density at radius 2 is 2.32 bits per heavy atom. The molecule has 3 unspecified atom stereocenters. The van der Waals surface area contributed by atoms with Gasteiger partial charge in [0.15, 0.2) is 5.82 Å². The fourth-order valence-electron chi connectivity index (χ4n) is 3.84. The van der Waals surface area contributed by atoms with Gasteiger partial charge in [0.25, 0.3) is 0 Å². The lowest BCUT2D eigenvalue weighted by Gasteiger charge is -2.28. The smallest absolute Gasteiger partial charge is 0.161 e. The molecule has 1 aromatic heterocycles. The molecule has 3 atom stereocenters. The van der Waals surface area contributed by atoms with Crippen molar-refractivity contribution in [2.75, 3.05) is 18.5 Å². The van der Waals surface area contributed by atoms with Crippen LogP contribution in [0.1, 0.15) is 31.2 Å². The van der Waals surface area contributed by atoms with E-state index in [1.165, 1.54) is 25.7 Å². The number of hydrogen-bond donors (Lipinski definition) is 1. The second kappa shape index (κ2) is 5.04. The molecular formula is C14H20N4S. The summed E-state index contributed by atoms with van der Waals surface area (Å²) in [7, 11) is 2.07. The summed E-state index contributed by atoms with van der Waals surface area (Å²) >= 11 is 5.09. The average molecular weight is 276 g/mol. The molecule has 2 bridgehead atoms. The minimum absolute atomic E-state index is 0.393. The first-order valence-corrected chi connectivity index (χ1v) is 7.38. The van der Waals surface area contributed by atoms with Crippen LogP contribution < -0.4 is 10.6 Å². The van der Waals surface area contributed by atoms with Gasteiger partial charge in [0.1, 0.15) is 4.99 Å². The summed E-state index contributed by atoms with van der Waals surface area (Å²) in [6.07, 6.45) is 7.29. The van der Waals surface area contributed by atoms with E-state index in [2.05, 4.69) is 22.1 Å². The van der Waals surface area contributed by atoms with Crippen molar-refractivity contribution >= 4 is 23.0 Å². The minimum Gasteiger partial charge on any atom is -0.389 e. The van der Waals surface area contributed by atoms with Crippen LogP contribution in [0.2, 0.25) is 0 Å². The van der Waals surface area contributed by atoms with Crippen molar-refractivity contribution in [1.29, 1.82) is 0 Å². The summed E-state index contributed by atoms with van der Waals surface area (Å²) in [4.78, 5) is 2.57. The molecule has 0 radical (unpaired) electrons. The molecule has 4 nitrogen and oxygen atoms in total. The van der Waals surface area contributed by atoms with Crippen molar-refractivity contribution in [3.63, 3.8) is 0 Å². The van der Waals surface area contributed by atoms with E-state index in [-0.39, 0.29) is 0 Å². The molecular weight excluding hydrogens is 256 g/mol. The minimum atomic E-state index is 0.393. The molecule has 0 aliphatic heterocycles. The van der Waals surface area contributed by atoms with Gasteiger partial charge in [0, 0.05) is 13.6 Å². The van der Waals surface area contributed by atoms with Gasteiger partial charge in [-0.2, -0.15) is 5.10 Å². The van der Waals surface area contributed by atoms with Gasteiger partial charge in [-0.25, -0.2) is 0 Å². The summed E-state index contributed by atoms with van der Waals surface area (Å²) in [6.45, 7) is 1.04. The van der Waals surface area contributed by atoms with Crippen LogP contribution in [0.15, 0.2) is 12.3 Å². The number of nitrogens with two attached hydrogens (primary N) is 1. The lowest BCUT2D eigenvalue weighted by Crippen LogP contribution is -2.31. The molecule has 0 amide bonds. The Labute approximate surface area is 119 Å². The van der Waals surface area contributed by atoms with Crippen LogP contribution in [0.5, 0.6) is 0 Å². The number of rotatable bonds is 4. The van der Waals surface area contributed by atoms with Crippen LogP contribution in [0.3, 0.4) is 0 Å². The van der Waals surface area contributed by atoms with Crippen molar-refractivity contribution in [1.82, 2.24) is 10.2 Å². The molecule has 2 aliphatic carbocycles. The Morgan fingerprint density at radius 1 is 1.47 bits per heavy atom. The first-order chi connectivity index (χ1) is 9.15. The second-order valence-electron chi connectivity index (χ2n) is 5.95. The summed E-state index contributed by atoms with van der Waals surface area (Å²) in [5, 5.41) is 8.18. The Balaban J connectivity index is 1.74. The molecule has 2 fully saturated rings. The maximum Gasteiger partial charge on any atom is 0.161 e. The van der Waals surface area contributed by atoms with Gasteiger partial charge >= 0.3 is 0 Å². The molecule has 3 rings (SSSR count). The molecule has 19 heavy (non-hydrogen) atoms. The van der Waals surface area contributed by atoms with Crippen LogP contribution in [0.4, 0.5) is 5.82 Å². The van der Waals surface area contributed by atoms with E-state index in [0.717, 1.165) is 35.7 Å². The maximum atomic E-state index is 5.76. The summed E-state index contributed by atoms with van der Waals surface area (Å²) in [5.74, 6) is 3.50. The highest BCUT2D eigenvalue weighted by molar-refractivity contribution is 7.80. The standard InChI is InChI=1S/C14H20N4S/c1-18(8-11-7-9-2-3-10(11)6-9)14-12(13(15)19)4-5-16-17-14/h4-5,9-11H,2-3,6-8H2,1H3,(H2,15,19). The quantitative estimate of drug-likeness (QED) is 0.852. The van der Waals surface area contributed by atoms with Gasteiger partial charge in [-0.15, -0.1) is 5.10 Å². The summed E-state index contributed by atoms with van der Waals surface area (Å²) in [6, 6.07) is 1.85. The zero-order chi connectivity index (χ0) is 13.4. The predicted molar refractivity (Wildman–Crippen MR) is 80.1 cm³/mol. The molecule has 2 N–H and O–H groups in total. The Kier molecular flexibility index (Phi) is 3.39. The van der Waals surface area contributed by atoms with E-state index < -0.39 is 0 Å². The molecule has 1 aromatic rings. The fraction of sp³-hybridized carbons (Fsp3) is 0.643. The van der Waals surface area contributed by atoms with E-state index in [1.807, 2.05) is 6.07 Å². The first kappa shape index (κ1) is 12.8. The summed E-state index contributed by atoms with van der Waals surface area (Å²) < 4.78 is 0. The number of aromatic nitrogens is 2. The van der Waals surface area contributed by atoms with Crippen LogP contribution in [0, 0.1) is 17.8 Å². The van der Waals surface area contributed by atoms with Gasteiger partial charge in [-0.3, -0.25) is 0 Å². The van der Waals surface area contributed by atoms with E-state index in [4.69, 9.17) is 18.0 Å². The van der Waals surface area contributed by atoms with E-state index >= 15 is 0 Å². The third kappa shape index (κ3) is 2.43. The third-order valence-corrected chi connectivity index (χ3v) is 4.94. The number of nitrogens with zero attached hydrogens (tertiary/aromatic N) is 3. The lowest BCUT2D eigenvalue weighted by atomic mass is 9.88. The van der Waals surface area contributed by atoms with Gasteiger partial charge in [0.05, 0.1) is 11.8 Å². The van der Waals surface area contributed by atoms with E-state index in [1.54, 1.807) is 6.20 Å². The van der Waals surface area contributed by atoms with Crippen LogP contribution in [0.25, 0.3) is 0 Å². The van der Waals surface area contributed by atoms with Crippen LogP contribution in [-0.4, -0.2) is 28.8 Å². The van der Waals surface area contributed by atoms with Crippen molar-refractivity contribution in [3.05, 3.63) is 17.8 Å². The Hall–Kier alpha value is -1.23. The molecule has 0 spiro atoms. The molecule has 2 saturated carbocycles. The van der Waals surface area contributed by atoms with E-state index in [9.17, 15) is 0 Å². The zero-order valence-corrected chi connectivity index (χ0v) is 12.1. The highest BCUT2D eigenvalue weighted by Crippen LogP contribution is 2.48. The van der Waals surface area contributed by atoms with Gasteiger partial charge in [0.2, 0.25) is 0 Å². The molecule has 5 heteroatoms. The summed E-state index contributed by atoms with van der Waals surface area (Å²) in [5.41, 5.74) is 6.59. The van der Waals surface area contributed by atoms with E-state index in [0.29, 0.717) is 4.99 Å². The van der Waals surface area contributed by atoms with Crippen molar-refractivity contribution < 1.29 is 0 Å². The predicted octanol–water partition coefficient (Wildman–Crippen LogP) is 1.98. The highest BCUT2D eigenvalue weighted by Gasteiger charge is 2.39. The largest absolute Gasteiger partial charge is 0.389 e. The third-order valence-electron chi connectivity index (χ3n) is 4.72. The Bertz CT molecular complexity index is 490. The number of fused-ring (bicyclic) bond motifs is 2. The molecule has 0 aromatic carbocycles. The second-order valence-corrected chi connectivity index (χ2v) is 6.39. The SMILES string of the molecule is CN(CC1CC2CCC1C2)c1nnccc1C(N)=S. The molecule has 1 heterocycles. The van der Waals surface area contributed by atoms with Crippen molar-refractivity contribution in [2.45, 2.75) is 25.7 Å². The normalized spacial score (nSPS) is 28.6.